The van der Waals surface area contributed by atoms with Gasteiger partial charge in [-0.05, 0) is 42.3 Å². The van der Waals surface area contributed by atoms with Gasteiger partial charge in [-0.25, -0.2) is 9.59 Å². The van der Waals surface area contributed by atoms with Crippen molar-refractivity contribution in [3.8, 4) is 11.1 Å². The zero-order valence-electron chi connectivity index (χ0n) is 20.6. The van der Waals surface area contributed by atoms with Crippen molar-refractivity contribution in [1.29, 1.82) is 0 Å². The van der Waals surface area contributed by atoms with Crippen LogP contribution in [0.25, 0.3) is 11.1 Å². The highest BCUT2D eigenvalue weighted by Gasteiger charge is 2.20. The van der Waals surface area contributed by atoms with E-state index in [2.05, 4.69) is 10.3 Å². The SMILES string of the molecule is C/C(=N\OC(=O)c1ccccc1)C(C)/C(=N/OC(=O)c1ccccc1)c1ccc(-c2ccccc2)cc1. The van der Waals surface area contributed by atoms with E-state index in [-0.39, 0.29) is 0 Å². The monoisotopic (exact) mass is 490 g/mol. The van der Waals surface area contributed by atoms with E-state index in [9.17, 15) is 9.59 Å². The smallest absolute Gasteiger partial charge is 0.313 e. The Morgan fingerprint density at radius 1 is 0.568 bits per heavy atom. The van der Waals surface area contributed by atoms with Crippen molar-refractivity contribution in [2.75, 3.05) is 0 Å². The number of hydrogen-bond donors (Lipinski definition) is 0. The van der Waals surface area contributed by atoms with Gasteiger partial charge in [0.25, 0.3) is 0 Å². The minimum atomic E-state index is -0.573. The molecule has 0 aliphatic carbocycles. The van der Waals surface area contributed by atoms with Crippen molar-refractivity contribution in [3.63, 3.8) is 0 Å². The second-order valence-corrected chi connectivity index (χ2v) is 8.36. The highest BCUT2D eigenvalue weighted by Crippen LogP contribution is 2.22. The van der Waals surface area contributed by atoms with Gasteiger partial charge in [-0.15, -0.1) is 0 Å². The van der Waals surface area contributed by atoms with Crippen LogP contribution >= 0.6 is 0 Å². The Morgan fingerprint density at radius 3 is 1.51 bits per heavy atom. The number of oxime groups is 2. The molecule has 0 amide bonds. The summed E-state index contributed by atoms with van der Waals surface area (Å²) in [4.78, 5) is 35.3. The quantitative estimate of drug-likeness (QED) is 0.155. The molecule has 0 heterocycles. The Hall–Kier alpha value is -4.84. The van der Waals surface area contributed by atoms with Crippen molar-refractivity contribution < 1.29 is 19.3 Å². The summed E-state index contributed by atoms with van der Waals surface area (Å²) < 4.78 is 0. The fraction of sp³-hybridized carbons (Fsp3) is 0.0968. The lowest BCUT2D eigenvalue weighted by Gasteiger charge is -2.15. The molecule has 4 aromatic carbocycles. The van der Waals surface area contributed by atoms with E-state index in [1.54, 1.807) is 55.5 Å². The first-order chi connectivity index (χ1) is 18.0. The summed E-state index contributed by atoms with van der Waals surface area (Å²) in [6.45, 7) is 3.59. The summed E-state index contributed by atoms with van der Waals surface area (Å²) in [5.41, 5.74) is 4.62. The van der Waals surface area contributed by atoms with Crippen LogP contribution in [0.2, 0.25) is 0 Å². The van der Waals surface area contributed by atoms with Gasteiger partial charge in [0.2, 0.25) is 0 Å². The highest BCUT2D eigenvalue weighted by atomic mass is 16.7. The van der Waals surface area contributed by atoms with E-state index in [4.69, 9.17) is 9.68 Å². The third-order valence-electron chi connectivity index (χ3n) is 5.84. The van der Waals surface area contributed by atoms with Gasteiger partial charge in [-0.3, -0.25) is 0 Å². The molecule has 0 spiro atoms. The standard InChI is InChI=1S/C31H26N2O4/c1-22(23(2)32-36-30(34)27-14-8-4-9-15-27)29(33-37-31(35)28-16-10-5-11-17-28)26-20-18-25(19-21-26)24-12-6-3-7-13-24/h3-22H,1-2H3/b32-23+,33-29-. The molecule has 0 saturated heterocycles. The molecule has 6 heteroatoms. The van der Waals surface area contributed by atoms with Crippen LogP contribution in [0.1, 0.15) is 40.1 Å². The molecule has 1 atom stereocenters. The second-order valence-electron chi connectivity index (χ2n) is 8.36. The summed E-state index contributed by atoms with van der Waals surface area (Å²) in [7, 11) is 0. The molecule has 37 heavy (non-hydrogen) atoms. The number of rotatable bonds is 8. The van der Waals surface area contributed by atoms with Crippen LogP contribution < -0.4 is 0 Å². The predicted octanol–water partition coefficient (Wildman–Crippen LogP) is 6.78. The fourth-order valence-corrected chi connectivity index (χ4v) is 3.58. The Labute approximate surface area is 215 Å². The molecule has 0 N–H and O–H groups in total. The highest BCUT2D eigenvalue weighted by molar-refractivity contribution is 6.14. The van der Waals surface area contributed by atoms with Crippen LogP contribution in [0, 0.1) is 5.92 Å². The number of benzene rings is 4. The van der Waals surface area contributed by atoms with Crippen LogP contribution in [0.5, 0.6) is 0 Å². The zero-order chi connectivity index (χ0) is 26.0. The minimum Gasteiger partial charge on any atom is -0.313 e. The van der Waals surface area contributed by atoms with Gasteiger partial charge in [0.05, 0.1) is 22.6 Å². The lowest BCUT2D eigenvalue weighted by molar-refractivity contribution is 0.0510. The van der Waals surface area contributed by atoms with E-state index in [0.717, 1.165) is 16.7 Å². The van der Waals surface area contributed by atoms with Gasteiger partial charge in [0.1, 0.15) is 0 Å². The van der Waals surface area contributed by atoms with Gasteiger partial charge in [-0.1, -0.05) is 108 Å². The Kier molecular flexibility index (Phi) is 8.34. The molecule has 0 aliphatic heterocycles. The molecular weight excluding hydrogens is 464 g/mol. The molecule has 4 rings (SSSR count). The first-order valence-electron chi connectivity index (χ1n) is 11.8. The summed E-state index contributed by atoms with van der Waals surface area (Å²) in [6.07, 6.45) is 0. The third kappa shape index (κ3) is 6.64. The number of carbonyl (C=O) groups excluding carboxylic acids is 2. The van der Waals surface area contributed by atoms with Crippen LogP contribution in [-0.4, -0.2) is 23.4 Å². The Morgan fingerprint density at radius 2 is 1.00 bits per heavy atom. The molecule has 0 aromatic heterocycles. The predicted molar refractivity (Wildman–Crippen MR) is 144 cm³/mol. The van der Waals surface area contributed by atoms with Crippen molar-refractivity contribution in [3.05, 3.63) is 132 Å². The van der Waals surface area contributed by atoms with Gasteiger partial charge in [0.15, 0.2) is 0 Å². The van der Waals surface area contributed by atoms with Crippen LogP contribution in [0.3, 0.4) is 0 Å². The number of carbonyl (C=O) groups is 2. The maximum absolute atomic E-state index is 12.6. The number of nitrogens with zero attached hydrogens (tertiary/aromatic N) is 2. The largest absolute Gasteiger partial charge is 0.365 e. The molecule has 6 nitrogen and oxygen atoms in total. The van der Waals surface area contributed by atoms with Gasteiger partial charge in [-0.2, -0.15) is 0 Å². The van der Waals surface area contributed by atoms with E-state index in [1.807, 2.05) is 73.7 Å². The average Bonchev–Trinajstić information content (AvgIpc) is 2.97. The zero-order valence-corrected chi connectivity index (χ0v) is 20.6. The molecule has 0 saturated carbocycles. The molecular formula is C31H26N2O4. The maximum Gasteiger partial charge on any atom is 0.365 e. The lowest BCUT2D eigenvalue weighted by Crippen LogP contribution is -2.22. The van der Waals surface area contributed by atoms with Crippen LogP contribution in [-0.2, 0) is 9.68 Å². The van der Waals surface area contributed by atoms with Crippen LogP contribution in [0.15, 0.2) is 126 Å². The van der Waals surface area contributed by atoms with E-state index in [1.165, 1.54) is 0 Å². The molecule has 1 unspecified atom stereocenters. The van der Waals surface area contributed by atoms with E-state index in [0.29, 0.717) is 22.6 Å². The average molecular weight is 491 g/mol. The normalized spacial score (nSPS) is 12.5. The third-order valence-corrected chi connectivity index (χ3v) is 5.84. The molecule has 0 fully saturated rings. The van der Waals surface area contributed by atoms with Crippen molar-refractivity contribution >= 4 is 23.4 Å². The molecule has 0 bridgehead atoms. The summed E-state index contributed by atoms with van der Waals surface area (Å²) in [5.74, 6) is -1.56. The lowest BCUT2D eigenvalue weighted by atomic mass is 9.93. The molecule has 0 aliphatic rings. The van der Waals surface area contributed by atoms with Crippen molar-refractivity contribution in [1.82, 2.24) is 0 Å². The van der Waals surface area contributed by atoms with Crippen molar-refractivity contribution in [2.45, 2.75) is 13.8 Å². The maximum atomic E-state index is 12.6. The molecule has 4 aromatic rings. The van der Waals surface area contributed by atoms with Gasteiger partial charge >= 0.3 is 11.9 Å². The minimum absolute atomic E-state index is 0.389. The summed E-state index contributed by atoms with van der Waals surface area (Å²) in [6, 6.07) is 35.1. The summed E-state index contributed by atoms with van der Waals surface area (Å²) in [5, 5.41) is 8.27. The first-order valence-corrected chi connectivity index (χ1v) is 11.8. The Balaban J connectivity index is 1.59. The first kappa shape index (κ1) is 25.3. The van der Waals surface area contributed by atoms with Gasteiger partial charge < -0.3 is 9.68 Å². The van der Waals surface area contributed by atoms with Gasteiger partial charge in [0, 0.05) is 11.5 Å². The topological polar surface area (TPSA) is 77.3 Å². The number of hydrogen-bond acceptors (Lipinski definition) is 6. The molecule has 184 valence electrons. The van der Waals surface area contributed by atoms with Crippen molar-refractivity contribution in [2.24, 2.45) is 16.2 Å². The fourth-order valence-electron chi connectivity index (χ4n) is 3.58. The molecule has 0 radical (unpaired) electrons. The summed E-state index contributed by atoms with van der Waals surface area (Å²) >= 11 is 0. The van der Waals surface area contributed by atoms with Crippen LogP contribution in [0.4, 0.5) is 0 Å². The van der Waals surface area contributed by atoms with E-state index < -0.39 is 17.9 Å². The van der Waals surface area contributed by atoms with E-state index >= 15 is 0 Å². The second kappa shape index (κ2) is 12.2. The Bertz CT molecular complexity index is 1400.